The van der Waals surface area contributed by atoms with Crippen molar-refractivity contribution in [2.45, 2.75) is 142 Å². The van der Waals surface area contributed by atoms with Crippen LogP contribution in [0.5, 0.6) is 28.7 Å². The minimum absolute atomic E-state index is 0.351. The van der Waals surface area contributed by atoms with Crippen molar-refractivity contribution in [3.8, 4) is 68.7 Å². The summed E-state index contributed by atoms with van der Waals surface area (Å²) in [6.07, 6.45) is 30.3. The Kier molecular flexibility index (Phi) is 24.3. The third kappa shape index (κ3) is 19.8. The summed E-state index contributed by atoms with van der Waals surface area (Å²) in [7, 11) is 0. The van der Waals surface area contributed by atoms with Gasteiger partial charge in [-0.05, 0) is 177 Å². The SMILES string of the molecule is CCCCCCCCc1cnc(-c2ccc(OCCCCCOc3ccc(C(=O)Oc4ccc(-c5ccc(C#N)cc5)cc4)cc3OCCCCCOc3ccc(-c4ncc(CCCCCCCC)cn4)cc3)cc2)nc1. The molecule has 0 N–H and O–H groups in total. The van der Waals surface area contributed by atoms with Gasteiger partial charge in [-0.15, -0.1) is 0 Å². The highest BCUT2D eigenvalue weighted by Gasteiger charge is 2.15. The fourth-order valence-electron chi connectivity index (χ4n) is 8.88. The highest BCUT2D eigenvalue weighted by molar-refractivity contribution is 5.92. The summed E-state index contributed by atoms with van der Waals surface area (Å²) < 4.78 is 30.5. The Morgan fingerprint density at radius 3 is 1.27 bits per heavy atom. The maximum absolute atomic E-state index is 13.5. The maximum Gasteiger partial charge on any atom is 0.343 e. The number of aryl methyl sites for hydroxylation is 2. The number of rotatable bonds is 35. The van der Waals surface area contributed by atoms with Crippen LogP contribution in [0.25, 0.3) is 33.9 Å². The van der Waals surface area contributed by atoms with Crippen molar-refractivity contribution in [2.75, 3.05) is 26.4 Å². The normalized spacial score (nSPS) is 11.0. The Morgan fingerprint density at radius 2 is 0.805 bits per heavy atom. The van der Waals surface area contributed by atoms with Crippen LogP contribution in [-0.4, -0.2) is 52.3 Å². The first-order valence-corrected chi connectivity index (χ1v) is 28.3. The Hall–Kier alpha value is -7.58. The van der Waals surface area contributed by atoms with E-state index in [1.54, 1.807) is 42.5 Å². The fourth-order valence-corrected chi connectivity index (χ4v) is 8.88. The Bertz CT molecular complexity index is 2810. The van der Waals surface area contributed by atoms with E-state index in [4.69, 9.17) is 28.9 Å². The van der Waals surface area contributed by atoms with Crippen molar-refractivity contribution in [3.05, 3.63) is 162 Å². The van der Waals surface area contributed by atoms with Crippen LogP contribution < -0.4 is 23.7 Å². The largest absolute Gasteiger partial charge is 0.494 e. The summed E-state index contributed by atoms with van der Waals surface area (Å²) in [4.78, 5) is 32.0. The molecule has 7 rings (SSSR count). The van der Waals surface area contributed by atoms with Crippen molar-refractivity contribution >= 4 is 5.97 Å². The Labute approximate surface area is 457 Å². The highest BCUT2D eigenvalue weighted by Crippen LogP contribution is 2.31. The summed E-state index contributed by atoms with van der Waals surface area (Å²) in [5.41, 5.74) is 7.17. The summed E-state index contributed by atoms with van der Waals surface area (Å²) in [6.45, 7) is 6.59. The first-order valence-electron chi connectivity index (χ1n) is 28.3. The van der Waals surface area contributed by atoms with Gasteiger partial charge in [-0.1, -0.05) is 102 Å². The predicted octanol–water partition coefficient (Wildman–Crippen LogP) is 16.4. The first kappa shape index (κ1) is 57.1. The number of esters is 1. The van der Waals surface area contributed by atoms with Crippen LogP contribution in [0.4, 0.5) is 0 Å². The molecule has 77 heavy (non-hydrogen) atoms. The number of ether oxygens (including phenoxy) is 5. The smallest absolute Gasteiger partial charge is 0.343 e. The monoisotopic (exact) mass is 1040 g/mol. The third-order valence-electron chi connectivity index (χ3n) is 13.5. The topological polar surface area (TPSA) is 139 Å². The number of nitriles is 1. The van der Waals surface area contributed by atoms with Crippen LogP contribution in [-0.2, 0) is 12.8 Å². The van der Waals surface area contributed by atoms with Gasteiger partial charge in [-0.2, -0.15) is 5.26 Å². The molecule has 0 bridgehead atoms. The molecule has 0 amide bonds. The van der Waals surface area contributed by atoms with Gasteiger partial charge in [0.25, 0.3) is 0 Å². The summed E-state index contributed by atoms with van der Waals surface area (Å²) >= 11 is 0. The zero-order valence-corrected chi connectivity index (χ0v) is 45.4. The van der Waals surface area contributed by atoms with Gasteiger partial charge >= 0.3 is 5.97 Å². The molecule has 5 aromatic carbocycles. The molecule has 0 saturated carbocycles. The van der Waals surface area contributed by atoms with Crippen LogP contribution in [0.3, 0.4) is 0 Å². The number of hydrogen-bond acceptors (Lipinski definition) is 11. The van der Waals surface area contributed by atoms with Crippen molar-refractivity contribution in [1.82, 2.24) is 19.9 Å². The lowest BCUT2D eigenvalue weighted by molar-refractivity contribution is 0.0734. The number of aromatic nitrogens is 4. The number of nitrogens with zero attached hydrogens (tertiary/aromatic N) is 5. The van der Waals surface area contributed by atoms with Gasteiger partial charge in [0.1, 0.15) is 17.2 Å². The van der Waals surface area contributed by atoms with E-state index in [2.05, 4.69) is 39.9 Å². The highest BCUT2D eigenvalue weighted by atomic mass is 16.5. The van der Waals surface area contributed by atoms with E-state index in [1.165, 1.54) is 88.2 Å². The molecule has 0 aliphatic heterocycles. The van der Waals surface area contributed by atoms with E-state index in [0.717, 1.165) is 96.8 Å². The molecule has 7 aromatic rings. The Morgan fingerprint density at radius 1 is 0.416 bits per heavy atom. The lowest BCUT2D eigenvalue weighted by atomic mass is 10.0. The summed E-state index contributed by atoms with van der Waals surface area (Å²) in [5, 5.41) is 9.16. The van der Waals surface area contributed by atoms with E-state index < -0.39 is 5.97 Å². The molecule has 11 nitrogen and oxygen atoms in total. The molecule has 0 radical (unpaired) electrons. The standard InChI is InChI=1S/C66H77N5O6/c1-3-5-7-9-11-15-21-52-47-68-64(69-48-52)56-29-34-59(35-30-56)73-41-17-13-19-43-75-62-40-33-58(66(72)77-61-38-27-55(28-39-61)54-25-23-51(46-67)24-26-54)45-63(62)76-44-20-14-18-42-74-60-36-31-57(32-37-60)65-70-49-53(50-71-65)22-16-12-10-8-6-4-2/h23-40,45,47-50H,3-22,41-44H2,1-2H3. The predicted molar refractivity (Wildman–Crippen MR) is 307 cm³/mol. The molecule has 0 aliphatic rings. The number of unbranched alkanes of at least 4 members (excludes halogenated alkanes) is 14. The van der Waals surface area contributed by atoms with Gasteiger partial charge in [0.05, 0.1) is 43.6 Å². The van der Waals surface area contributed by atoms with Crippen LogP contribution in [0.15, 0.2) is 140 Å². The average molecular weight is 1040 g/mol. The second kappa shape index (κ2) is 32.8. The van der Waals surface area contributed by atoms with E-state index in [-0.39, 0.29) is 0 Å². The van der Waals surface area contributed by atoms with Crippen molar-refractivity contribution in [1.29, 1.82) is 5.26 Å². The molecule has 0 unspecified atom stereocenters. The lowest BCUT2D eigenvalue weighted by Crippen LogP contribution is -2.10. The van der Waals surface area contributed by atoms with E-state index in [9.17, 15) is 4.79 Å². The molecular weight excluding hydrogens is 959 g/mol. The molecule has 0 saturated heterocycles. The maximum atomic E-state index is 13.5. The van der Waals surface area contributed by atoms with E-state index >= 15 is 0 Å². The van der Waals surface area contributed by atoms with Crippen LogP contribution in [0.2, 0.25) is 0 Å². The minimum atomic E-state index is -0.502. The van der Waals surface area contributed by atoms with E-state index in [1.807, 2.05) is 97.6 Å². The van der Waals surface area contributed by atoms with Crippen molar-refractivity contribution < 1.29 is 28.5 Å². The van der Waals surface area contributed by atoms with Crippen LogP contribution in [0, 0.1) is 11.3 Å². The number of carbonyl (C=O) groups is 1. The van der Waals surface area contributed by atoms with Crippen LogP contribution in [0.1, 0.15) is 156 Å². The summed E-state index contributed by atoms with van der Waals surface area (Å²) in [5.74, 6) is 4.04. The zero-order valence-electron chi connectivity index (χ0n) is 45.4. The number of carbonyl (C=O) groups excluding carboxylic acids is 1. The quantitative estimate of drug-likeness (QED) is 0.0213. The third-order valence-corrected chi connectivity index (χ3v) is 13.5. The van der Waals surface area contributed by atoms with E-state index in [0.29, 0.717) is 54.8 Å². The number of hydrogen-bond donors (Lipinski definition) is 0. The number of benzene rings is 5. The van der Waals surface area contributed by atoms with Crippen molar-refractivity contribution in [2.24, 2.45) is 0 Å². The molecule has 402 valence electrons. The van der Waals surface area contributed by atoms with Crippen LogP contribution >= 0.6 is 0 Å². The molecule has 2 aromatic heterocycles. The fraction of sp³-hybridized carbons (Fsp3) is 0.394. The molecule has 0 fully saturated rings. The second-order valence-corrected chi connectivity index (χ2v) is 19.7. The Balaban J connectivity index is 0.840. The lowest BCUT2D eigenvalue weighted by Gasteiger charge is -2.15. The molecular formula is C66H77N5O6. The molecule has 2 heterocycles. The van der Waals surface area contributed by atoms with Gasteiger partial charge in [0.2, 0.25) is 0 Å². The summed E-state index contributed by atoms with van der Waals surface area (Å²) in [6, 6.07) is 37.9. The molecule has 11 heteroatoms. The van der Waals surface area contributed by atoms with Gasteiger partial charge < -0.3 is 23.7 Å². The second-order valence-electron chi connectivity index (χ2n) is 19.7. The van der Waals surface area contributed by atoms with Gasteiger partial charge in [-0.3, -0.25) is 0 Å². The first-order chi connectivity index (χ1) is 38.0. The minimum Gasteiger partial charge on any atom is -0.494 e. The van der Waals surface area contributed by atoms with Crippen molar-refractivity contribution in [3.63, 3.8) is 0 Å². The van der Waals surface area contributed by atoms with Gasteiger partial charge in [0.15, 0.2) is 23.1 Å². The van der Waals surface area contributed by atoms with Gasteiger partial charge in [-0.25, -0.2) is 24.7 Å². The molecule has 0 atom stereocenters. The zero-order chi connectivity index (χ0) is 53.5. The average Bonchev–Trinajstić information content (AvgIpc) is 3.47. The molecule has 0 spiro atoms. The van der Waals surface area contributed by atoms with Gasteiger partial charge in [0, 0.05) is 35.9 Å². The molecule has 0 aliphatic carbocycles.